The molecule has 1 saturated heterocycles. The summed E-state index contributed by atoms with van der Waals surface area (Å²) in [5.41, 5.74) is 6.93. The zero-order valence-corrected chi connectivity index (χ0v) is 12.6. The summed E-state index contributed by atoms with van der Waals surface area (Å²) in [5, 5.41) is 2.80. The van der Waals surface area contributed by atoms with Crippen molar-refractivity contribution in [2.45, 2.75) is 12.5 Å². The number of nitrogens with zero attached hydrogens (tertiary/aromatic N) is 3. The number of carbonyl (C=O) groups is 2. The first-order valence-electron chi connectivity index (χ1n) is 7.24. The second kappa shape index (κ2) is 6.04. The fraction of sp³-hybridized carbons (Fsp3) is 0.250. The van der Waals surface area contributed by atoms with Gasteiger partial charge in [-0.05, 0) is 23.8 Å². The van der Waals surface area contributed by atoms with Gasteiger partial charge in [0.1, 0.15) is 5.82 Å². The lowest BCUT2D eigenvalue weighted by Crippen LogP contribution is -2.30. The van der Waals surface area contributed by atoms with Crippen molar-refractivity contribution in [3.8, 4) is 0 Å². The van der Waals surface area contributed by atoms with E-state index in [9.17, 15) is 9.59 Å². The summed E-state index contributed by atoms with van der Waals surface area (Å²) in [5.74, 6) is -0.376. The van der Waals surface area contributed by atoms with Crippen LogP contribution in [0.15, 0.2) is 42.9 Å². The molecule has 23 heavy (non-hydrogen) atoms. The molecule has 3 rings (SSSR count). The van der Waals surface area contributed by atoms with Crippen LogP contribution in [0, 0.1) is 5.92 Å². The van der Waals surface area contributed by atoms with Crippen molar-refractivity contribution in [2.75, 3.05) is 18.1 Å². The number of pyridine rings is 2. The maximum atomic E-state index is 12.6. The number of hydrogen-bond donors (Lipinski definition) is 2. The number of amides is 2. The number of rotatable bonds is 3. The van der Waals surface area contributed by atoms with Crippen molar-refractivity contribution in [1.29, 1.82) is 0 Å². The molecule has 2 aromatic rings. The second-order valence-electron chi connectivity index (χ2n) is 5.51. The fourth-order valence-corrected chi connectivity index (χ4v) is 2.83. The first-order valence-corrected chi connectivity index (χ1v) is 7.24. The van der Waals surface area contributed by atoms with E-state index >= 15 is 0 Å². The maximum absolute atomic E-state index is 12.6. The molecule has 3 N–H and O–H groups in total. The number of nitrogens with one attached hydrogen (secondary N) is 1. The van der Waals surface area contributed by atoms with Gasteiger partial charge in [0, 0.05) is 25.9 Å². The lowest BCUT2D eigenvalue weighted by molar-refractivity contribution is -0.127. The second-order valence-corrected chi connectivity index (χ2v) is 5.51. The number of nitrogen functional groups attached to an aromatic ring is 1. The van der Waals surface area contributed by atoms with Crippen molar-refractivity contribution in [1.82, 2.24) is 14.9 Å². The van der Waals surface area contributed by atoms with Crippen LogP contribution in [0.25, 0.3) is 0 Å². The number of hydrogen-bond acceptors (Lipinski definition) is 5. The van der Waals surface area contributed by atoms with Crippen molar-refractivity contribution in [3.05, 3.63) is 48.4 Å². The summed E-state index contributed by atoms with van der Waals surface area (Å²) in [4.78, 5) is 34.3. The average molecular weight is 311 g/mol. The fourth-order valence-electron chi connectivity index (χ4n) is 2.83. The third-order valence-electron chi connectivity index (χ3n) is 4.00. The zero-order chi connectivity index (χ0) is 16.4. The molecule has 0 bridgehead atoms. The number of aromatic nitrogens is 2. The molecule has 1 aliphatic rings. The molecule has 0 radical (unpaired) electrons. The van der Waals surface area contributed by atoms with Crippen LogP contribution in [-0.4, -0.2) is 33.7 Å². The Balaban J connectivity index is 1.83. The van der Waals surface area contributed by atoms with E-state index in [0.29, 0.717) is 11.5 Å². The predicted molar refractivity (Wildman–Crippen MR) is 85.1 cm³/mol. The quantitative estimate of drug-likeness (QED) is 0.887. The molecule has 0 saturated carbocycles. The molecular formula is C16H17N5O2. The van der Waals surface area contributed by atoms with Crippen LogP contribution in [0.5, 0.6) is 0 Å². The third-order valence-corrected chi connectivity index (χ3v) is 4.00. The maximum Gasteiger partial charge on any atom is 0.230 e. The molecule has 7 nitrogen and oxygen atoms in total. The van der Waals surface area contributed by atoms with Gasteiger partial charge in [-0.15, -0.1) is 0 Å². The van der Waals surface area contributed by atoms with Gasteiger partial charge in [0.05, 0.1) is 23.8 Å². The normalized spacial score (nSPS) is 20.6. The van der Waals surface area contributed by atoms with Gasteiger partial charge in [-0.3, -0.25) is 14.6 Å². The zero-order valence-electron chi connectivity index (χ0n) is 12.6. The van der Waals surface area contributed by atoms with Crippen LogP contribution in [0.2, 0.25) is 0 Å². The van der Waals surface area contributed by atoms with E-state index in [2.05, 4.69) is 15.3 Å². The molecule has 0 unspecified atom stereocenters. The van der Waals surface area contributed by atoms with E-state index in [4.69, 9.17) is 5.73 Å². The van der Waals surface area contributed by atoms with Gasteiger partial charge < -0.3 is 16.0 Å². The molecule has 0 aliphatic carbocycles. The first-order chi connectivity index (χ1) is 11.1. The molecule has 0 spiro atoms. The smallest absolute Gasteiger partial charge is 0.230 e. The monoisotopic (exact) mass is 311 g/mol. The number of nitrogens with two attached hydrogens (primary N) is 1. The summed E-state index contributed by atoms with van der Waals surface area (Å²) in [6.07, 6.45) is 5.01. The Labute approximate surface area is 133 Å². The van der Waals surface area contributed by atoms with Crippen LogP contribution in [-0.2, 0) is 9.59 Å². The topological polar surface area (TPSA) is 101 Å². The van der Waals surface area contributed by atoms with Crippen LogP contribution in [0.3, 0.4) is 0 Å². The molecule has 1 aliphatic heterocycles. The highest BCUT2D eigenvalue weighted by atomic mass is 16.2. The highest BCUT2D eigenvalue weighted by molar-refractivity contribution is 5.97. The molecular weight excluding hydrogens is 294 g/mol. The highest BCUT2D eigenvalue weighted by Crippen LogP contribution is 2.37. The minimum atomic E-state index is -0.478. The summed E-state index contributed by atoms with van der Waals surface area (Å²) in [7, 11) is 1.71. The summed E-state index contributed by atoms with van der Waals surface area (Å²) in [6, 6.07) is 6.64. The summed E-state index contributed by atoms with van der Waals surface area (Å²) < 4.78 is 0. The van der Waals surface area contributed by atoms with Crippen LogP contribution >= 0.6 is 0 Å². The molecule has 0 aromatic carbocycles. The summed E-state index contributed by atoms with van der Waals surface area (Å²) >= 11 is 0. The van der Waals surface area contributed by atoms with Crippen molar-refractivity contribution < 1.29 is 9.59 Å². The molecule has 2 atom stereocenters. The standard InChI is InChI=1S/C16H17N5O2/c1-21-14(22)7-12(15(21)10-3-2-6-18-8-10)16(23)20-11-4-5-13(17)19-9-11/h2-6,8-9,12,15H,7H2,1H3,(H2,17,19)(H,20,23)/t12-,15-/m1/s1. The van der Waals surface area contributed by atoms with E-state index in [0.717, 1.165) is 5.56 Å². The van der Waals surface area contributed by atoms with Gasteiger partial charge in [0.2, 0.25) is 11.8 Å². The largest absolute Gasteiger partial charge is 0.384 e. The van der Waals surface area contributed by atoms with Crippen molar-refractivity contribution >= 4 is 23.3 Å². The first kappa shape index (κ1) is 15.0. The summed E-state index contributed by atoms with van der Waals surface area (Å²) in [6.45, 7) is 0. The van der Waals surface area contributed by atoms with E-state index in [-0.39, 0.29) is 24.3 Å². The average Bonchev–Trinajstić information content (AvgIpc) is 2.86. The van der Waals surface area contributed by atoms with Crippen molar-refractivity contribution in [2.24, 2.45) is 5.92 Å². The van der Waals surface area contributed by atoms with Crippen LogP contribution in [0.4, 0.5) is 11.5 Å². The van der Waals surface area contributed by atoms with E-state index in [1.807, 2.05) is 6.07 Å². The molecule has 3 heterocycles. The van der Waals surface area contributed by atoms with Crippen molar-refractivity contribution in [3.63, 3.8) is 0 Å². The van der Waals surface area contributed by atoms with Gasteiger partial charge in [0.25, 0.3) is 0 Å². The number of anilines is 2. The lowest BCUT2D eigenvalue weighted by atomic mass is 9.94. The van der Waals surface area contributed by atoms with Gasteiger partial charge in [-0.25, -0.2) is 4.98 Å². The molecule has 2 amide bonds. The Morgan fingerprint density at radius 3 is 2.83 bits per heavy atom. The van der Waals surface area contributed by atoms with Crippen LogP contribution < -0.4 is 11.1 Å². The highest BCUT2D eigenvalue weighted by Gasteiger charge is 2.42. The molecule has 2 aromatic heterocycles. The van der Waals surface area contributed by atoms with E-state index in [1.165, 1.54) is 6.20 Å². The predicted octanol–water partition coefficient (Wildman–Crippen LogP) is 1.22. The van der Waals surface area contributed by atoms with Gasteiger partial charge in [-0.1, -0.05) is 6.07 Å². The van der Waals surface area contributed by atoms with Gasteiger partial charge >= 0.3 is 0 Å². The lowest BCUT2D eigenvalue weighted by Gasteiger charge is -2.24. The Morgan fingerprint density at radius 1 is 1.35 bits per heavy atom. The Bertz CT molecular complexity index is 717. The number of carbonyl (C=O) groups excluding carboxylic acids is 2. The minimum Gasteiger partial charge on any atom is -0.384 e. The third kappa shape index (κ3) is 2.98. The van der Waals surface area contributed by atoms with Gasteiger partial charge in [-0.2, -0.15) is 0 Å². The Hall–Kier alpha value is -2.96. The Kier molecular flexibility index (Phi) is 3.92. The van der Waals surface area contributed by atoms with Gasteiger partial charge in [0.15, 0.2) is 0 Å². The Morgan fingerprint density at radius 2 is 2.17 bits per heavy atom. The van der Waals surface area contributed by atoms with Crippen LogP contribution in [0.1, 0.15) is 18.0 Å². The molecule has 118 valence electrons. The minimum absolute atomic E-state index is 0.0607. The molecule has 7 heteroatoms. The van der Waals surface area contributed by atoms with E-state index < -0.39 is 5.92 Å². The van der Waals surface area contributed by atoms with E-state index in [1.54, 1.807) is 42.5 Å². The number of likely N-dealkylation sites (tertiary alicyclic amines) is 1. The molecule has 1 fully saturated rings. The SMILES string of the molecule is CN1C(=O)C[C@@H](C(=O)Nc2ccc(N)nc2)[C@H]1c1cccnc1.